The first-order chi connectivity index (χ1) is 9.60. The topological polar surface area (TPSA) is 68.0 Å². The van der Waals surface area contributed by atoms with Gasteiger partial charge in [-0.15, -0.1) is 23.7 Å². The Morgan fingerprint density at radius 3 is 2.52 bits per heavy atom. The van der Waals surface area contributed by atoms with E-state index in [1.54, 1.807) is 23.5 Å². The second kappa shape index (κ2) is 8.12. The third kappa shape index (κ3) is 4.81. The van der Waals surface area contributed by atoms with Gasteiger partial charge in [0.2, 0.25) is 0 Å². The third-order valence-corrected chi connectivity index (χ3v) is 3.88. The maximum absolute atomic E-state index is 12.0. The number of halogens is 1. The number of aromatic nitrogens is 1. The first kappa shape index (κ1) is 17.6. The number of amides is 1. The summed E-state index contributed by atoms with van der Waals surface area (Å²) in [5, 5.41) is 5.86. The Hall–Kier alpha value is -1.43. The average molecular weight is 326 g/mol. The highest BCUT2D eigenvalue weighted by atomic mass is 35.5. The Bertz CT molecular complexity index is 581. The maximum Gasteiger partial charge on any atom is 0.251 e. The molecular weight excluding hydrogens is 306 g/mol. The molecule has 2 aromatic rings. The van der Waals surface area contributed by atoms with E-state index in [9.17, 15) is 4.79 Å². The van der Waals surface area contributed by atoms with Crippen molar-refractivity contribution in [2.45, 2.75) is 32.9 Å². The molecule has 3 N–H and O–H groups in total. The molecule has 0 atom stereocenters. The van der Waals surface area contributed by atoms with Crippen molar-refractivity contribution in [3.63, 3.8) is 0 Å². The van der Waals surface area contributed by atoms with Gasteiger partial charge in [-0.25, -0.2) is 4.98 Å². The molecule has 0 unspecified atom stereocenters. The predicted octanol–water partition coefficient (Wildman–Crippen LogP) is 3.08. The molecule has 0 saturated carbocycles. The van der Waals surface area contributed by atoms with E-state index < -0.39 is 0 Å². The van der Waals surface area contributed by atoms with Crippen LogP contribution in [0.2, 0.25) is 0 Å². The Morgan fingerprint density at radius 1 is 1.33 bits per heavy atom. The van der Waals surface area contributed by atoms with Crippen LogP contribution in [0.25, 0.3) is 0 Å². The second-order valence-electron chi connectivity index (χ2n) is 4.90. The summed E-state index contributed by atoms with van der Waals surface area (Å²) in [5.41, 5.74) is 8.26. The lowest BCUT2D eigenvalue weighted by Crippen LogP contribution is -2.22. The van der Waals surface area contributed by atoms with Crippen LogP contribution >= 0.6 is 23.7 Å². The van der Waals surface area contributed by atoms with Crippen LogP contribution in [0.4, 0.5) is 0 Å². The monoisotopic (exact) mass is 325 g/mol. The van der Waals surface area contributed by atoms with E-state index in [-0.39, 0.29) is 18.3 Å². The summed E-state index contributed by atoms with van der Waals surface area (Å²) in [4.78, 5) is 16.5. The predicted molar refractivity (Wildman–Crippen MR) is 89.0 cm³/mol. The maximum atomic E-state index is 12.0. The fraction of sp³-hybridized carbons (Fsp3) is 0.333. The number of carbonyl (C=O) groups is 1. The van der Waals surface area contributed by atoms with Crippen LogP contribution in [0.5, 0.6) is 0 Å². The number of carbonyl (C=O) groups excluding carboxylic acids is 1. The summed E-state index contributed by atoms with van der Waals surface area (Å²) in [6.45, 7) is 5.17. The van der Waals surface area contributed by atoms with Gasteiger partial charge < -0.3 is 11.1 Å². The van der Waals surface area contributed by atoms with E-state index in [1.165, 1.54) is 0 Å². The van der Waals surface area contributed by atoms with Gasteiger partial charge in [0.1, 0.15) is 5.01 Å². The highest BCUT2D eigenvalue weighted by Crippen LogP contribution is 2.17. The molecule has 6 heteroatoms. The molecule has 0 aliphatic heterocycles. The summed E-state index contributed by atoms with van der Waals surface area (Å²) in [6, 6.07) is 7.32. The number of nitrogens with zero attached hydrogens (tertiary/aromatic N) is 1. The van der Waals surface area contributed by atoms with Crippen molar-refractivity contribution in [3.05, 3.63) is 51.5 Å². The number of hydrogen-bond donors (Lipinski definition) is 2. The number of nitrogens with one attached hydrogen (secondary N) is 1. The van der Waals surface area contributed by atoms with Crippen LogP contribution in [0.1, 0.15) is 46.4 Å². The molecule has 21 heavy (non-hydrogen) atoms. The normalized spacial score (nSPS) is 10.3. The van der Waals surface area contributed by atoms with Gasteiger partial charge in [-0.1, -0.05) is 26.0 Å². The molecule has 0 aliphatic rings. The number of hydrogen-bond acceptors (Lipinski definition) is 4. The third-order valence-electron chi connectivity index (χ3n) is 3.01. The van der Waals surface area contributed by atoms with Gasteiger partial charge in [-0.2, -0.15) is 0 Å². The highest BCUT2D eigenvalue weighted by Gasteiger charge is 2.08. The lowest BCUT2D eigenvalue weighted by Gasteiger charge is -2.04. The van der Waals surface area contributed by atoms with Crippen LogP contribution in [-0.4, -0.2) is 10.9 Å². The van der Waals surface area contributed by atoms with E-state index >= 15 is 0 Å². The molecule has 1 heterocycles. The Morgan fingerprint density at radius 2 is 2.00 bits per heavy atom. The average Bonchev–Trinajstić information content (AvgIpc) is 2.94. The Balaban J connectivity index is 0.00000220. The SMILES string of the molecule is CC(C)c1csc(CNC(=O)c2ccc(CN)cc2)n1.Cl. The minimum atomic E-state index is -0.0881. The number of thiazole rings is 1. The lowest BCUT2D eigenvalue weighted by atomic mass is 10.1. The second-order valence-corrected chi connectivity index (χ2v) is 5.85. The van der Waals surface area contributed by atoms with Crippen LogP contribution in [0.15, 0.2) is 29.6 Å². The molecule has 0 spiro atoms. The molecule has 2 rings (SSSR count). The van der Waals surface area contributed by atoms with E-state index in [2.05, 4.69) is 24.1 Å². The van der Waals surface area contributed by atoms with Gasteiger partial charge in [0.05, 0.1) is 12.2 Å². The van der Waals surface area contributed by atoms with Gasteiger partial charge in [-0.3, -0.25) is 4.79 Å². The van der Waals surface area contributed by atoms with E-state index in [0.29, 0.717) is 24.6 Å². The first-order valence-corrected chi connectivity index (χ1v) is 7.49. The molecule has 0 saturated heterocycles. The number of rotatable bonds is 5. The molecular formula is C15H20ClN3OS. The zero-order valence-electron chi connectivity index (χ0n) is 12.1. The molecule has 1 amide bonds. The molecule has 114 valence electrons. The Kier molecular flexibility index (Phi) is 6.81. The van der Waals surface area contributed by atoms with Gasteiger partial charge in [0.15, 0.2) is 0 Å². The zero-order valence-corrected chi connectivity index (χ0v) is 13.8. The zero-order chi connectivity index (χ0) is 14.5. The summed E-state index contributed by atoms with van der Waals surface area (Å²) in [7, 11) is 0. The molecule has 4 nitrogen and oxygen atoms in total. The molecule has 0 bridgehead atoms. The number of nitrogens with two attached hydrogens (primary N) is 1. The van der Waals surface area contributed by atoms with E-state index in [1.807, 2.05) is 17.5 Å². The smallest absolute Gasteiger partial charge is 0.251 e. The van der Waals surface area contributed by atoms with Crippen molar-refractivity contribution in [2.75, 3.05) is 0 Å². The fourth-order valence-electron chi connectivity index (χ4n) is 1.72. The molecule has 0 fully saturated rings. The van der Waals surface area contributed by atoms with Gasteiger partial charge in [-0.05, 0) is 23.6 Å². The van der Waals surface area contributed by atoms with Gasteiger partial charge in [0.25, 0.3) is 5.91 Å². The summed E-state index contributed by atoms with van der Waals surface area (Å²) in [5.74, 6) is 0.328. The number of benzene rings is 1. The standard InChI is InChI=1S/C15H19N3OS.ClH/c1-10(2)13-9-20-14(18-13)8-17-15(19)12-5-3-11(7-16)4-6-12;/h3-6,9-10H,7-8,16H2,1-2H3,(H,17,19);1H. The van der Waals surface area contributed by atoms with Crippen LogP contribution in [0.3, 0.4) is 0 Å². The minimum absolute atomic E-state index is 0. The first-order valence-electron chi connectivity index (χ1n) is 6.61. The lowest BCUT2D eigenvalue weighted by molar-refractivity contribution is 0.0951. The van der Waals surface area contributed by atoms with Crippen LogP contribution < -0.4 is 11.1 Å². The van der Waals surface area contributed by atoms with Crippen molar-refractivity contribution >= 4 is 29.7 Å². The van der Waals surface area contributed by atoms with Crippen molar-refractivity contribution in [3.8, 4) is 0 Å². The summed E-state index contributed by atoms with van der Waals surface area (Å²) in [6.07, 6.45) is 0. The quantitative estimate of drug-likeness (QED) is 0.887. The summed E-state index contributed by atoms with van der Waals surface area (Å²) >= 11 is 1.58. The molecule has 0 aliphatic carbocycles. The van der Waals surface area contributed by atoms with Crippen molar-refractivity contribution in [1.29, 1.82) is 0 Å². The van der Waals surface area contributed by atoms with Crippen molar-refractivity contribution in [2.24, 2.45) is 5.73 Å². The van der Waals surface area contributed by atoms with Crippen molar-refractivity contribution in [1.82, 2.24) is 10.3 Å². The minimum Gasteiger partial charge on any atom is -0.346 e. The fourth-order valence-corrected chi connectivity index (χ4v) is 2.62. The summed E-state index contributed by atoms with van der Waals surface area (Å²) < 4.78 is 0. The molecule has 1 aromatic heterocycles. The largest absolute Gasteiger partial charge is 0.346 e. The highest BCUT2D eigenvalue weighted by molar-refractivity contribution is 7.09. The van der Waals surface area contributed by atoms with Crippen LogP contribution in [-0.2, 0) is 13.1 Å². The van der Waals surface area contributed by atoms with E-state index in [4.69, 9.17) is 5.73 Å². The molecule has 0 radical (unpaired) electrons. The van der Waals surface area contributed by atoms with Gasteiger partial charge in [0, 0.05) is 17.5 Å². The van der Waals surface area contributed by atoms with Crippen molar-refractivity contribution < 1.29 is 4.79 Å². The molecule has 1 aromatic carbocycles. The Labute approximate surface area is 135 Å². The van der Waals surface area contributed by atoms with Gasteiger partial charge >= 0.3 is 0 Å². The van der Waals surface area contributed by atoms with E-state index in [0.717, 1.165) is 16.3 Å². The van der Waals surface area contributed by atoms with Crippen LogP contribution in [0, 0.1) is 0 Å².